The van der Waals surface area contributed by atoms with E-state index in [0.717, 1.165) is 39.9 Å². The summed E-state index contributed by atoms with van der Waals surface area (Å²) in [5.74, 6) is 0.937. The summed E-state index contributed by atoms with van der Waals surface area (Å²) in [6, 6.07) is 15.6. The van der Waals surface area contributed by atoms with Crippen LogP contribution in [0.1, 0.15) is 11.3 Å². The van der Waals surface area contributed by atoms with Crippen molar-refractivity contribution in [2.45, 2.75) is 13.5 Å². The lowest BCUT2D eigenvalue weighted by Crippen LogP contribution is -2.01. The number of rotatable bonds is 3. The Morgan fingerprint density at radius 2 is 1.90 bits per heavy atom. The minimum atomic E-state index is 0.737. The van der Waals surface area contributed by atoms with Crippen molar-refractivity contribution in [1.29, 1.82) is 0 Å². The Kier molecular flexibility index (Phi) is 3.67. The summed E-state index contributed by atoms with van der Waals surface area (Å²) in [6.07, 6.45) is 2.05. The first-order valence-corrected chi connectivity index (χ1v) is 7.14. The van der Waals surface area contributed by atoms with Gasteiger partial charge in [-0.15, -0.1) is 0 Å². The number of hydrogen-bond donors (Lipinski definition) is 1. The van der Waals surface area contributed by atoms with E-state index in [2.05, 4.69) is 15.6 Å². The van der Waals surface area contributed by atoms with E-state index >= 15 is 0 Å². The van der Waals surface area contributed by atoms with Crippen LogP contribution in [-0.4, -0.2) is 9.55 Å². The van der Waals surface area contributed by atoms with Gasteiger partial charge >= 0.3 is 0 Å². The standard InChI is InChI=1S/C17H16ClN3/c1-12-10-21(11-13-3-2-4-15(18)9-13)17(20-12)14-5-7-16(19)8-6-14/h2-10H,11,19H2,1H3. The van der Waals surface area contributed by atoms with Crippen LogP contribution < -0.4 is 5.73 Å². The number of nitrogen functional groups attached to an aromatic ring is 1. The number of halogens is 1. The third kappa shape index (κ3) is 3.09. The van der Waals surface area contributed by atoms with E-state index in [1.165, 1.54) is 0 Å². The molecule has 2 aromatic carbocycles. The summed E-state index contributed by atoms with van der Waals surface area (Å²) >= 11 is 6.05. The zero-order chi connectivity index (χ0) is 14.8. The molecule has 0 spiro atoms. The molecule has 0 atom stereocenters. The maximum Gasteiger partial charge on any atom is 0.140 e. The van der Waals surface area contributed by atoms with E-state index in [0.29, 0.717) is 0 Å². The van der Waals surface area contributed by atoms with Crippen molar-refractivity contribution >= 4 is 17.3 Å². The van der Waals surface area contributed by atoms with Gasteiger partial charge in [0.15, 0.2) is 0 Å². The average molecular weight is 298 g/mol. The van der Waals surface area contributed by atoms with Gasteiger partial charge in [-0.3, -0.25) is 0 Å². The predicted octanol–water partition coefficient (Wildman–Crippen LogP) is 4.14. The lowest BCUT2D eigenvalue weighted by Gasteiger charge is -2.08. The molecule has 3 rings (SSSR count). The number of hydrogen-bond acceptors (Lipinski definition) is 2. The van der Waals surface area contributed by atoms with Crippen molar-refractivity contribution in [3.63, 3.8) is 0 Å². The summed E-state index contributed by atoms with van der Waals surface area (Å²) in [4.78, 5) is 4.62. The molecular formula is C17H16ClN3. The molecular weight excluding hydrogens is 282 g/mol. The minimum absolute atomic E-state index is 0.737. The van der Waals surface area contributed by atoms with Crippen LogP contribution in [0.5, 0.6) is 0 Å². The van der Waals surface area contributed by atoms with E-state index in [1.54, 1.807) is 0 Å². The summed E-state index contributed by atoms with van der Waals surface area (Å²) in [6.45, 7) is 2.73. The second-order valence-electron chi connectivity index (χ2n) is 5.09. The number of imidazole rings is 1. The maximum absolute atomic E-state index is 6.05. The van der Waals surface area contributed by atoms with Gasteiger partial charge in [0.25, 0.3) is 0 Å². The molecule has 0 aliphatic heterocycles. The predicted molar refractivity (Wildman–Crippen MR) is 87.4 cm³/mol. The van der Waals surface area contributed by atoms with Crippen LogP contribution in [0.4, 0.5) is 5.69 Å². The lowest BCUT2D eigenvalue weighted by atomic mass is 10.2. The van der Waals surface area contributed by atoms with Crippen LogP contribution in [-0.2, 0) is 6.54 Å². The van der Waals surface area contributed by atoms with E-state index in [9.17, 15) is 0 Å². The van der Waals surface area contributed by atoms with Crippen LogP contribution >= 0.6 is 11.6 Å². The van der Waals surface area contributed by atoms with Gasteiger partial charge < -0.3 is 10.3 Å². The van der Waals surface area contributed by atoms with E-state index in [4.69, 9.17) is 17.3 Å². The Bertz CT molecular complexity index is 760. The molecule has 0 radical (unpaired) electrons. The smallest absolute Gasteiger partial charge is 0.140 e. The molecule has 1 aromatic heterocycles. The van der Waals surface area contributed by atoms with Gasteiger partial charge in [0.05, 0.1) is 5.69 Å². The molecule has 3 nitrogen and oxygen atoms in total. The molecule has 0 saturated carbocycles. The first-order chi connectivity index (χ1) is 10.1. The number of benzene rings is 2. The molecule has 2 N–H and O–H groups in total. The van der Waals surface area contributed by atoms with Crippen LogP contribution in [0.15, 0.2) is 54.7 Å². The topological polar surface area (TPSA) is 43.8 Å². The molecule has 106 valence electrons. The summed E-state index contributed by atoms with van der Waals surface area (Å²) < 4.78 is 2.13. The fourth-order valence-electron chi connectivity index (χ4n) is 2.36. The molecule has 0 unspecified atom stereocenters. The van der Waals surface area contributed by atoms with Gasteiger partial charge in [0.1, 0.15) is 5.82 Å². The number of aryl methyl sites for hydroxylation is 1. The Morgan fingerprint density at radius 3 is 2.62 bits per heavy atom. The van der Waals surface area contributed by atoms with Gasteiger partial charge in [-0.05, 0) is 48.9 Å². The Hall–Kier alpha value is -2.26. The number of aromatic nitrogens is 2. The maximum atomic E-state index is 6.05. The molecule has 1 heterocycles. The van der Waals surface area contributed by atoms with E-state index < -0.39 is 0 Å². The summed E-state index contributed by atoms with van der Waals surface area (Å²) in [5.41, 5.74) is 9.69. The normalized spacial score (nSPS) is 10.8. The number of nitrogens with zero attached hydrogens (tertiary/aromatic N) is 2. The highest BCUT2D eigenvalue weighted by atomic mass is 35.5. The van der Waals surface area contributed by atoms with Gasteiger partial charge in [0.2, 0.25) is 0 Å². The molecule has 0 fully saturated rings. The number of anilines is 1. The zero-order valence-corrected chi connectivity index (χ0v) is 12.5. The fraction of sp³-hybridized carbons (Fsp3) is 0.118. The molecule has 4 heteroatoms. The molecule has 0 bridgehead atoms. The van der Waals surface area contributed by atoms with Gasteiger partial charge in [-0.25, -0.2) is 4.98 Å². The van der Waals surface area contributed by atoms with Crippen molar-refractivity contribution in [3.05, 3.63) is 71.0 Å². The second-order valence-corrected chi connectivity index (χ2v) is 5.52. The van der Waals surface area contributed by atoms with Crippen LogP contribution in [0.3, 0.4) is 0 Å². The third-order valence-corrected chi connectivity index (χ3v) is 3.54. The SMILES string of the molecule is Cc1cn(Cc2cccc(Cl)c2)c(-c2ccc(N)cc2)n1. The Balaban J connectivity index is 1.98. The van der Waals surface area contributed by atoms with Crippen LogP contribution in [0, 0.1) is 6.92 Å². The van der Waals surface area contributed by atoms with Crippen LogP contribution in [0.2, 0.25) is 5.02 Å². The van der Waals surface area contributed by atoms with Gasteiger partial charge in [-0.2, -0.15) is 0 Å². The summed E-state index contributed by atoms with van der Waals surface area (Å²) in [7, 11) is 0. The summed E-state index contributed by atoms with van der Waals surface area (Å²) in [5, 5.41) is 0.748. The van der Waals surface area contributed by atoms with E-state index in [1.807, 2.05) is 55.6 Å². The second kappa shape index (κ2) is 5.62. The zero-order valence-electron chi connectivity index (χ0n) is 11.8. The highest BCUT2D eigenvalue weighted by Crippen LogP contribution is 2.22. The van der Waals surface area contributed by atoms with Crippen LogP contribution in [0.25, 0.3) is 11.4 Å². The third-order valence-electron chi connectivity index (χ3n) is 3.31. The number of nitrogens with two attached hydrogens (primary N) is 1. The average Bonchev–Trinajstić information content (AvgIpc) is 2.80. The first kappa shape index (κ1) is 13.7. The molecule has 0 saturated heterocycles. The molecule has 0 amide bonds. The van der Waals surface area contributed by atoms with Gasteiger partial charge in [0, 0.05) is 29.0 Å². The van der Waals surface area contributed by atoms with Crippen molar-refractivity contribution in [2.75, 3.05) is 5.73 Å². The monoisotopic (exact) mass is 297 g/mol. The highest BCUT2D eigenvalue weighted by molar-refractivity contribution is 6.30. The van der Waals surface area contributed by atoms with Crippen molar-refractivity contribution < 1.29 is 0 Å². The van der Waals surface area contributed by atoms with Crippen molar-refractivity contribution in [1.82, 2.24) is 9.55 Å². The van der Waals surface area contributed by atoms with E-state index in [-0.39, 0.29) is 0 Å². The fourth-order valence-corrected chi connectivity index (χ4v) is 2.57. The highest BCUT2D eigenvalue weighted by Gasteiger charge is 2.09. The van der Waals surface area contributed by atoms with Crippen molar-refractivity contribution in [3.8, 4) is 11.4 Å². The molecule has 3 aromatic rings. The quantitative estimate of drug-likeness (QED) is 0.738. The largest absolute Gasteiger partial charge is 0.399 e. The molecule has 21 heavy (non-hydrogen) atoms. The Morgan fingerprint density at radius 1 is 1.14 bits per heavy atom. The van der Waals surface area contributed by atoms with Gasteiger partial charge in [-0.1, -0.05) is 23.7 Å². The molecule has 0 aliphatic carbocycles. The molecule has 0 aliphatic rings. The lowest BCUT2D eigenvalue weighted by molar-refractivity contribution is 0.806. The minimum Gasteiger partial charge on any atom is -0.399 e. The van der Waals surface area contributed by atoms with Crippen molar-refractivity contribution in [2.24, 2.45) is 0 Å². The Labute approximate surface area is 129 Å². The first-order valence-electron chi connectivity index (χ1n) is 6.76.